The Morgan fingerprint density at radius 1 is 1.00 bits per heavy atom. The number of carbonyl (C=O) groups excluding carboxylic acids is 3. The predicted octanol–water partition coefficient (Wildman–Crippen LogP) is 2.93. The third kappa shape index (κ3) is 10.1. The Morgan fingerprint density at radius 3 is 2.17 bits per heavy atom. The van der Waals surface area contributed by atoms with Gasteiger partial charge in [0.05, 0.1) is 6.42 Å². The molecule has 9 heteroatoms. The van der Waals surface area contributed by atoms with Gasteiger partial charge in [0.2, 0.25) is 11.8 Å². The minimum Gasteiger partial charge on any atom is -0.480 e. The number of ether oxygens (including phenoxy) is 1. The highest BCUT2D eigenvalue weighted by molar-refractivity contribution is 5.91. The molecule has 0 heterocycles. The fourth-order valence-electron chi connectivity index (χ4n) is 3.49. The zero-order valence-corrected chi connectivity index (χ0v) is 21.5. The van der Waals surface area contributed by atoms with Gasteiger partial charge in [-0.1, -0.05) is 77.3 Å². The molecular formula is C26H41N3O6. The van der Waals surface area contributed by atoms with Crippen LogP contribution in [-0.2, 0) is 23.9 Å². The smallest absolute Gasteiger partial charge is 0.325 e. The number of amides is 2. The van der Waals surface area contributed by atoms with Crippen LogP contribution in [0, 0.1) is 11.8 Å². The van der Waals surface area contributed by atoms with Gasteiger partial charge in [0.1, 0.15) is 24.2 Å². The molecule has 2 amide bonds. The number of nitrogens with two attached hydrogens (primary N) is 1. The largest absolute Gasteiger partial charge is 0.480 e. The molecule has 0 saturated heterocycles. The molecule has 0 radical (unpaired) electrons. The Balaban J connectivity index is 3.05. The second-order valence-corrected chi connectivity index (χ2v) is 9.19. The number of unbranched alkanes of at least 4 members (excludes halogenated alkanes) is 1. The molecule has 0 aliphatic carbocycles. The van der Waals surface area contributed by atoms with E-state index in [1.54, 1.807) is 30.3 Å². The summed E-state index contributed by atoms with van der Waals surface area (Å²) in [5.74, 6) is -3.03. The van der Waals surface area contributed by atoms with Crippen molar-refractivity contribution in [1.82, 2.24) is 10.6 Å². The van der Waals surface area contributed by atoms with Gasteiger partial charge in [0.15, 0.2) is 0 Å². The van der Waals surface area contributed by atoms with Crippen LogP contribution in [0.3, 0.4) is 0 Å². The molecule has 6 atom stereocenters. The first-order valence-electron chi connectivity index (χ1n) is 12.3. The molecule has 9 nitrogen and oxygen atoms in total. The molecule has 35 heavy (non-hydrogen) atoms. The summed E-state index contributed by atoms with van der Waals surface area (Å²) in [4.78, 5) is 49.7. The summed E-state index contributed by atoms with van der Waals surface area (Å²) >= 11 is 0. The van der Waals surface area contributed by atoms with Crippen LogP contribution in [0.15, 0.2) is 30.3 Å². The summed E-state index contributed by atoms with van der Waals surface area (Å²) in [5.41, 5.74) is 6.54. The third-order valence-corrected chi connectivity index (χ3v) is 6.26. The maximum atomic E-state index is 13.1. The average Bonchev–Trinajstić information content (AvgIpc) is 2.84. The lowest BCUT2D eigenvalue weighted by atomic mass is 9.94. The van der Waals surface area contributed by atoms with Crippen molar-refractivity contribution in [2.24, 2.45) is 17.6 Å². The van der Waals surface area contributed by atoms with Crippen LogP contribution >= 0.6 is 0 Å². The van der Waals surface area contributed by atoms with Gasteiger partial charge >= 0.3 is 11.9 Å². The zero-order valence-electron chi connectivity index (χ0n) is 21.5. The fraction of sp³-hybridized carbons (Fsp3) is 0.615. The van der Waals surface area contributed by atoms with Crippen LogP contribution in [-0.4, -0.2) is 47.0 Å². The molecule has 0 aliphatic rings. The predicted molar refractivity (Wildman–Crippen MR) is 133 cm³/mol. The molecular weight excluding hydrogens is 450 g/mol. The quantitative estimate of drug-likeness (QED) is 0.276. The molecule has 0 fully saturated rings. The molecule has 0 unspecified atom stereocenters. The first kappa shape index (κ1) is 30.1. The maximum absolute atomic E-state index is 13.1. The number of carbonyl (C=O) groups is 4. The molecule has 0 aliphatic heterocycles. The van der Waals surface area contributed by atoms with Crippen LogP contribution in [0.2, 0.25) is 0 Å². The number of esters is 1. The van der Waals surface area contributed by atoms with E-state index in [-0.39, 0.29) is 18.3 Å². The number of rotatable bonds is 15. The summed E-state index contributed by atoms with van der Waals surface area (Å²) < 4.78 is 5.71. The van der Waals surface area contributed by atoms with Crippen molar-refractivity contribution in [2.45, 2.75) is 91.0 Å². The molecule has 0 bridgehead atoms. The normalized spacial score (nSPS) is 16.2. The Bertz CT molecular complexity index is 832. The first-order chi connectivity index (χ1) is 16.5. The second-order valence-electron chi connectivity index (χ2n) is 9.19. The summed E-state index contributed by atoms with van der Waals surface area (Å²) in [6.45, 7) is 9.13. The van der Waals surface area contributed by atoms with Crippen molar-refractivity contribution in [3.63, 3.8) is 0 Å². The number of carboxylic acids is 1. The van der Waals surface area contributed by atoms with Crippen molar-refractivity contribution in [1.29, 1.82) is 0 Å². The van der Waals surface area contributed by atoms with Gasteiger partial charge in [-0.05, 0) is 30.7 Å². The molecule has 0 spiro atoms. The number of carboxylic acid groups (broad SMARTS) is 1. The molecule has 196 valence electrons. The van der Waals surface area contributed by atoms with Gasteiger partial charge in [-0.25, -0.2) is 0 Å². The van der Waals surface area contributed by atoms with E-state index in [9.17, 15) is 19.2 Å². The van der Waals surface area contributed by atoms with E-state index in [2.05, 4.69) is 17.6 Å². The lowest BCUT2D eigenvalue weighted by Crippen LogP contribution is -2.47. The number of hydrogen-bond donors (Lipinski definition) is 4. The lowest BCUT2D eigenvalue weighted by Gasteiger charge is -2.27. The van der Waals surface area contributed by atoms with Crippen LogP contribution in [0.1, 0.15) is 78.3 Å². The zero-order chi connectivity index (χ0) is 26.5. The highest BCUT2D eigenvalue weighted by Gasteiger charge is 2.31. The minimum absolute atomic E-state index is 0.0645. The average molecular weight is 492 g/mol. The van der Waals surface area contributed by atoms with E-state index in [0.717, 1.165) is 25.7 Å². The van der Waals surface area contributed by atoms with Gasteiger partial charge in [0, 0.05) is 0 Å². The van der Waals surface area contributed by atoms with E-state index < -0.39 is 48.0 Å². The van der Waals surface area contributed by atoms with Crippen molar-refractivity contribution in [2.75, 3.05) is 0 Å². The second kappa shape index (κ2) is 15.1. The highest BCUT2D eigenvalue weighted by atomic mass is 16.5. The minimum atomic E-state index is -1.19. The Labute approximate surface area is 208 Å². The highest BCUT2D eigenvalue weighted by Crippen LogP contribution is 2.21. The topological polar surface area (TPSA) is 148 Å². The number of hydrogen-bond acceptors (Lipinski definition) is 6. The Morgan fingerprint density at radius 2 is 1.63 bits per heavy atom. The van der Waals surface area contributed by atoms with E-state index in [1.807, 2.05) is 20.8 Å². The van der Waals surface area contributed by atoms with E-state index in [4.69, 9.17) is 15.6 Å². The van der Waals surface area contributed by atoms with Gasteiger partial charge in [-0.15, -0.1) is 0 Å². The Hall–Kier alpha value is -2.94. The standard InChI is InChI=1S/C26H41N3O6/c1-6-8-12-17(4)20(35-26(34)22(27)16(3)7-2)15-21(30)29-23(19-13-10-9-11-14-19)24(31)28-18(5)25(32)33/h9-11,13-14,16-18,20,22-23H,6-8,12,15,27H2,1-5H3,(H,28,31)(H,29,30)(H,32,33)/t16-,17-,18-,20-,22+,23-/m0/s1. The summed E-state index contributed by atoms with van der Waals surface area (Å²) in [6.07, 6.45) is 2.50. The van der Waals surface area contributed by atoms with E-state index >= 15 is 0 Å². The molecule has 0 aromatic heterocycles. The molecule has 5 N–H and O–H groups in total. The lowest BCUT2D eigenvalue weighted by molar-refractivity contribution is -0.156. The van der Waals surface area contributed by atoms with Crippen molar-refractivity contribution < 1.29 is 29.0 Å². The summed E-state index contributed by atoms with van der Waals surface area (Å²) in [7, 11) is 0. The van der Waals surface area contributed by atoms with Crippen molar-refractivity contribution >= 4 is 23.8 Å². The van der Waals surface area contributed by atoms with Crippen LogP contribution in [0.4, 0.5) is 0 Å². The molecule has 1 aromatic rings. The van der Waals surface area contributed by atoms with Gasteiger partial charge in [0.25, 0.3) is 0 Å². The molecule has 1 rings (SSSR count). The number of benzene rings is 1. The fourth-order valence-corrected chi connectivity index (χ4v) is 3.49. The van der Waals surface area contributed by atoms with Gasteiger partial charge in [-0.3, -0.25) is 19.2 Å². The molecule has 0 saturated carbocycles. The third-order valence-electron chi connectivity index (χ3n) is 6.26. The Kier molecular flexibility index (Phi) is 13.0. The SMILES string of the molecule is CCCC[C@H](C)[C@H](CC(=O)N[C@H](C(=O)N[C@@H](C)C(=O)O)c1ccccc1)OC(=O)[C@H](N)[C@@H](C)CC. The maximum Gasteiger partial charge on any atom is 0.325 e. The van der Waals surface area contributed by atoms with Crippen LogP contribution in [0.25, 0.3) is 0 Å². The number of nitrogens with one attached hydrogen (secondary N) is 2. The van der Waals surface area contributed by atoms with E-state index in [0.29, 0.717) is 5.56 Å². The first-order valence-corrected chi connectivity index (χ1v) is 12.3. The van der Waals surface area contributed by atoms with Gasteiger partial charge in [-0.2, -0.15) is 0 Å². The van der Waals surface area contributed by atoms with E-state index in [1.165, 1.54) is 6.92 Å². The van der Waals surface area contributed by atoms with Crippen molar-refractivity contribution in [3.8, 4) is 0 Å². The number of aliphatic carboxylic acids is 1. The van der Waals surface area contributed by atoms with Crippen LogP contribution < -0.4 is 16.4 Å². The van der Waals surface area contributed by atoms with Crippen molar-refractivity contribution in [3.05, 3.63) is 35.9 Å². The monoisotopic (exact) mass is 491 g/mol. The van der Waals surface area contributed by atoms with Crippen LogP contribution in [0.5, 0.6) is 0 Å². The molecule has 1 aromatic carbocycles. The summed E-state index contributed by atoms with van der Waals surface area (Å²) in [6, 6.07) is 5.53. The summed E-state index contributed by atoms with van der Waals surface area (Å²) in [5, 5.41) is 14.2. The van der Waals surface area contributed by atoms with Gasteiger partial charge < -0.3 is 26.2 Å².